The molecule has 0 aromatic carbocycles. The number of aromatic nitrogens is 3. The number of rotatable bonds is 1. The first-order valence-corrected chi connectivity index (χ1v) is 4.27. The molecule has 2 aromatic heterocycles. The van der Waals surface area contributed by atoms with E-state index in [2.05, 4.69) is 15.2 Å². The number of nitrogens with two attached hydrogens (primary N) is 1. The number of pyridine rings is 1. The summed E-state index contributed by atoms with van der Waals surface area (Å²) >= 11 is 1.20. The Balaban J connectivity index is 2.46. The van der Waals surface area contributed by atoms with E-state index in [-0.39, 0.29) is 0 Å². The van der Waals surface area contributed by atoms with E-state index in [0.717, 1.165) is 6.20 Å². The fraction of sp³-hybridized carbons (Fsp3) is 0. The minimum atomic E-state index is -0.397. The maximum atomic E-state index is 12.7. The van der Waals surface area contributed by atoms with E-state index in [4.69, 9.17) is 5.73 Å². The lowest BCUT2D eigenvalue weighted by atomic mass is 10.3. The maximum Gasteiger partial charge on any atom is 0.203 e. The highest BCUT2D eigenvalue weighted by Crippen LogP contribution is 2.23. The number of hydrogen-bond acceptors (Lipinski definition) is 5. The van der Waals surface area contributed by atoms with Crippen LogP contribution in [0.5, 0.6) is 0 Å². The summed E-state index contributed by atoms with van der Waals surface area (Å²) in [4.78, 5) is 3.69. The van der Waals surface area contributed by atoms with E-state index in [1.165, 1.54) is 23.6 Å². The van der Waals surface area contributed by atoms with Crippen LogP contribution in [0.25, 0.3) is 10.6 Å². The van der Waals surface area contributed by atoms with Gasteiger partial charge in [0.05, 0.1) is 6.20 Å². The minimum Gasteiger partial charge on any atom is -0.374 e. The van der Waals surface area contributed by atoms with Gasteiger partial charge in [-0.2, -0.15) is 0 Å². The molecular formula is C7H5FN4S. The van der Waals surface area contributed by atoms with Crippen molar-refractivity contribution in [3.8, 4) is 10.6 Å². The summed E-state index contributed by atoms with van der Waals surface area (Å²) in [6, 6.07) is 1.34. The Labute approximate surface area is 77.3 Å². The van der Waals surface area contributed by atoms with Crippen LogP contribution in [0.4, 0.5) is 9.52 Å². The normalized spacial score (nSPS) is 10.2. The van der Waals surface area contributed by atoms with Crippen molar-refractivity contribution in [2.24, 2.45) is 0 Å². The molecule has 0 atom stereocenters. The highest BCUT2D eigenvalue weighted by Gasteiger charge is 2.05. The molecule has 0 aliphatic carbocycles. The van der Waals surface area contributed by atoms with Gasteiger partial charge in [-0.15, -0.1) is 10.2 Å². The van der Waals surface area contributed by atoms with E-state index in [9.17, 15) is 4.39 Å². The van der Waals surface area contributed by atoms with E-state index < -0.39 is 5.82 Å². The molecule has 0 unspecified atom stereocenters. The number of anilines is 1. The van der Waals surface area contributed by atoms with Gasteiger partial charge in [0.1, 0.15) is 5.82 Å². The Morgan fingerprint density at radius 1 is 1.31 bits per heavy atom. The fourth-order valence-corrected chi connectivity index (χ4v) is 1.47. The van der Waals surface area contributed by atoms with Crippen molar-refractivity contribution in [2.75, 3.05) is 5.73 Å². The summed E-state index contributed by atoms with van der Waals surface area (Å²) in [6.45, 7) is 0. The summed E-state index contributed by atoms with van der Waals surface area (Å²) < 4.78 is 12.7. The average molecular weight is 196 g/mol. The highest BCUT2D eigenvalue weighted by atomic mass is 32.1. The first-order chi connectivity index (χ1) is 6.25. The van der Waals surface area contributed by atoms with Crippen LogP contribution in [0.2, 0.25) is 0 Å². The third-order valence-electron chi connectivity index (χ3n) is 1.39. The molecule has 66 valence electrons. The van der Waals surface area contributed by atoms with Gasteiger partial charge in [-0.1, -0.05) is 11.3 Å². The van der Waals surface area contributed by atoms with Gasteiger partial charge in [0.25, 0.3) is 0 Å². The molecule has 2 aromatic rings. The van der Waals surface area contributed by atoms with E-state index in [1.54, 1.807) is 0 Å². The topological polar surface area (TPSA) is 64.7 Å². The van der Waals surface area contributed by atoms with Gasteiger partial charge in [0.2, 0.25) is 5.13 Å². The zero-order valence-corrected chi connectivity index (χ0v) is 7.25. The molecule has 2 rings (SSSR count). The molecule has 0 saturated heterocycles. The second-order valence-corrected chi connectivity index (χ2v) is 3.35. The highest BCUT2D eigenvalue weighted by molar-refractivity contribution is 7.18. The van der Waals surface area contributed by atoms with Crippen molar-refractivity contribution in [1.82, 2.24) is 15.2 Å². The summed E-state index contributed by atoms with van der Waals surface area (Å²) in [5.41, 5.74) is 5.98. The molecule has 2 heterocycles. The maximum absolute atomic E-state index is 12.7. The molecule has 0 aliphatic rings. The van der Waals surface area contributed by atoms with E-state index in [0.29, 0.717) is 15.7 Å². The van der Waals surface area contributed by atoms with Gasteiger partial charge in [0.15, 0.2) is 5.01 Å². The van der Waals surface area contributed by atoms with Crippen LogP contribution in [-0.4, -0.2) is 15.2 Å². The van der Waals surface area contributed by atoms with Crippen molar-refractivity contribution in [3.63, 3.8) is 0 Å². The van der Waals surface area contributed by atoms with Crippen molar-refractivity contribution in [1.29, 1.82) is 0 Å². The quantitative estimate of drug-likeness (QED) is 0.747. The molecule has 6 heteroatoms. The van der Waals surface area contributed by atoms with Crippen LogP contribution in [0.1, 0.15) is 0 Å². The lowest BCUT2D eigenvalue weighted by Crippen LogP contribution is -1.82. The van der Waals surface area contributed by atoms with Gasteiger partial charge in [-0.25, -0.2) is 4.39 Å². The summed E-state index contributed by atoms with van der Waals surface area (Å²) in [5, 5.41) is 8.32. The number of nitrogen functional groups attached to an aromatic ring is 1. The van der Waals surface area contributed by atoms with Crippen molar-refractivity contribution in [3.05, 3.63) is 24.3 Å². The lowest BCUT2D eigenvalue weighted by Gasteiger charge is -1.92. The molecule has 0 spiro atoms. The standard InChI is InChI=1S/C7H5FN4S/c8-5-1-4(2-10-3-5)6-11-12-7(9)13-6/h1-3H,(H2,9,12). The van der Waals surface area contributed by atoms with Crippen molar-refractivity contribution in [2.45, 2.75) is 0 Å². The van der Waals surface area contributed by atoms with Gasteiger partial charge in [-0.05, 0) is 6.07 Å². The molecule has 0 radical (unpaired) electrons. The second kappa shape index (κ2) is 3.06. The fourth-order valence-electron chi connectivity index (χ4n) is 0.880. The SMILES string of the molecule is Nc1nnc(-c2cncc(F)c2)s1. The second-order valence-electron chi connectivity index (χ2n) is 2.34. The first kappa shape index (κ1) is 8.06. The number of halogens is 1. The average Bonchev–Trinajstić information content (AvgIpc) is 2.52. The van der Waals surface area contributed by atoms with E-state index in [1.807, 2.05) is 0 Å². The Morgan fingerprint density at radius 3 is 2.77 bits per heavy atom. The Morgan fingerprint density at radius 2 is 2.15 bits per heavy atom. The van der Waals surface area contributed by atoms with Gasteiger partial charge in [-0.3, -0.25) is 4.98 Å². The first-order valence-electron chi connectivity index (χ1n) is 3.45. The van der Waals surface area contributed by atoms with Gasteiger partial charge >= 0.3 is 0 Å². The third-order valence-corrected chi connectivity index (χ3v) is 2.19. The largest absolute Gasteiger partial charge is 0.374 e. The monoisotopic (exact) mass is 196 g/mol. The van der Waals surface area contributed by atoms with Crippen LogP contribution in [-0.2, 0) is 0 Å². The predicted octanol–water partition coefficient (Wildman–Crippen LogP) is 1.32. The third kappa shape index (κ3) is 1.62. The molecule has 0 bridgehead atoms. The molecule has 0 saturated carbocycles. The van der Waals surface area contributed by atoms with Crippen LogP contribution >= 0.6 is 11.3 Å². The Hall–Kier alpha value is -1.56. The molecule has 2 N–H and O–H groups in total. The number of nitrogens with zero attached hydrogens (tertiary/aromatic N) is 3. The lowest BCUT2D eigenvalue weighted by molar-refractivity contribution is 0.622. The minimum absolute atomic E-state index is 0.360. The van der Waals surface area contributed by atoms with Gasteiger partial charge < -0.3 is 5.73 Å². The van der Waals surface area contributed by atoms with Crippen LogP contribution in [0.15, 0.2) is 18.5 Å². The predicted molar refractivity (Wildman–Crippen MR) is 47.5 cm³/mol. The summed E-state index contributed by atoms with van der Waals surface area (Å²) in [7, 11) is 0. The summed E-state index contributed by atoms with van der Waals surface area (Å²) in [6.07, 6.45) is 2.65. The molecule has 0 aliphatic heterocycles. The zero-order valence-electron chi connectivity index (χ0n) is 6.44. The number of hydrogen-bond donors (Lipinski definition) is 1. The van der Waals surface area contributed by atoms with Gasteiger partial charge in [0, 0.05) is 11.8 Å². The van der Waals surface area contributed by atoms with Crippen LogP contribution in [0.3, 0.4) is 0 Å². The van der Waals surface area contributed by atoms with Crippen LogP contribution in [0, 0.1) is 5.82 Å². The van der Waals surface area contributed by atoms with E-state index >= 15 is 0 Å². The Kier molecular flexibility index (Phi) is 1.90. The molecular weight excluding hydrogens is 191 g/mol. The van der Waals surface area contributed by atoms with Crippen molar-refractivity contribution >= 4 is 16.5 Å². The molecule has 13 heavy (non-hydrogen) atoms. The molecule has 0 fully saturated rings. The van der Waals surface area contributed by atoms with Crippen molar-refractivity contribution < 1.29 is 4.39 Å². The zero-order chi connectivity index (χ0) is 9.26. The van der Waals surface area contributed by atoms with Crippen LogP contribution < -0.4 is 5.73 Å². The smallest absolute Gasteiger partial charge is 0.203 e. The Bertz CT molecular complexity index is 428. The molecule has 4 nitrogen and oxygen atoms in total. The summed E-state index contributed by atoms with van der Waals surface area (Å²) in [5.74, 6) is -0.397. The molecule has 0 amide bonds.